The van der Waals surface area contributed by atoms with Gasteiger partial charge in [-0.05, 0) is 38.2 Å². The summed E-state index contributed by atoms with van der Waals surface area (Å²) >= 11 is 0. The first kappa shape index (κ1) is 12.4. The summed E-state index contributed by atoms with van der Waals surface area (Å²) in [6.45, 7) is 4.23. The molecule has 0 spiro atoms. The molecule has 2 N–H and O–H groups in total. The van der Waals surface area contributed by atoms with E-state index in [0.717, 1.165) is 17.9 Å². The van der Waals surface area contributed by atoms with E-state index in [1.165, 1.54) is 19.3 Å². The summed E-state index contributed by atoms with van der Waals surface area (Å²) in [5.74, 6) is 1.34. The van der Waals surface area contributed by atoms with E-state index in [1.807, 2.05) is 19.1 Å². The minimum absolute atomic E-state index is 0.0300. The molecule has 3 atom stereocenters. The minimum Gasteiger partial charge on any atom is -0.474 e. The van der Waals surface area contributed by atoms with Gasteiger partial charge in [0.2, 0.25) is 5.88 Å². The Labute approximate surface area is 103 Å². The zero-order chi connectivity index (χ0) is 12.3. The number of hydrogen-bond acceptors (Lipinski definition) is 3. The summed E-state index contributed by atoms with van der Waals surface area (Å²) in [6.07, 6.45) is 7.05. The lowest BCUT2D eigenvalue weighted by atomic mass is 9.88. The molecule has 0 aromatic carbocycles. The number of nitrogens with two attached hydrogens (primary N) is 1. The molecule has 1 saturated carbocycles. The van der Waals surface area contributed by atoms with Crippen LogP contribution in [0.4, 0.5) is 0 Å². The molecule has 3 heteroatoms. The fourth-order valence-corrected chi connectivity index (χ4v) is 2.45. The Hall–Kier alpha value is -1.09. The molecule has 2 rings (SSSR count). The average Bonchev–Trinajstić information content (AvgIpc) is 2.32. The molecule has 1 aliphatic rings. The molecule has 1 heterocycles. The van der Waals surface area contributed by atoms with Crippen LogP contribution in [-0.2, 0) is 0 Å². The standard InChI is InChI=1S/C14H22N2O/c1-10-6-3-4-8-13(10)17-14-12(11(2)15)7-5-9-16-14/h5,7,9-11,13H,3-4,6,8,15H2,1-2H3. The fourth-order valence-electron chi connectivity index (χ4n) is 2.45. The van der Waals surface area contributed by atoms with E-state index in [9.17, 15) is 0 Å². The molecule has 0 bridgehead atoms. The lowest BCUT2D eigenvalue weighted by Crippen LogP contribution is -2.29. The molecular formula is C14H22N2O. The Morgan fingerprint density at radius 1 is 1.41 bits per heavy atom. The monoisotopic (exact) mass is 234 g/mol. The van der Waals surface area contributed by atoms with E-state index in [1.54, 1.807) is 6.20 Å². The largest absolute Gasteiger partial charge is 0.474 e. The highest BCUT2D eigenvalue weighted by atomic mass is 16.5. The predicted octanol–water partition coefficient (Wildman–Crippen LogP) is 3.06. The van der Waals surface area contributed by atoms with E-state index in [4.69, 9.17) is 10.5 Å². The van der Waals surface area contributed by atoms with Crippen molar-refractivity contribution < 1.29 is 4.74 Å². The first-order valence-electron chi connectivity index (χ1n) is 6.55. The number of hydrogen-bond donors (Lipinski definition) is 1. The Morgan fingerprint density at radius 3 is 2.88 bits per heavy atom. The van der Waals surface area contributed by atoms with Crippen molar-refractivity contribution in [2.45, 2.75) is 51.7 Å². The normalized spacial score (nSPS) is 26.5. The van der Waals surface area contributed by atoms with Crippen molar-refractivity contribution in [2.75, 3.05) is 0 Å². The van der Waals surface area contributed by atoms with Crippen molar-refractivity contribution in [3.05, 3.63) is 23.9 Å². The SMILES string of the molecule is CC(N)c1cccnc1OC1CCCCC1C. The van der Waals surface area contributed by atoms with Gasteiger partial charge in [-0.15, -0.1) is 0 Å². The van der Waals surface area contributed by atoms with E-state index >= 15 is 0 Å². The molecule has 3 unspecified atom stereocenters. The van der Waals surface area contributed by atoms with Crippen molar-refractivity contribution in [2.24, 2.45) is 11.7 Å². The number of ether oxygens (including phenoxy) is 1. The van der Waals surface area contributed by atoms with Gasteiger partial charge in [0.25, 0.3) is 0 Å². The van der Waals surface area contributed by atoms with Gasteiger partial charge in [-0.3, -0.25) is 0 Å². The summed E-state index contributed by atoms with van der Waals surface area (Å²) in [7, 11) is 0. The van der Waals surface area contributed by atoms with Crippen LogP contribution in [0.2, 0.25) is 0 Å². The highest BCUT2D eigenvalue weighted by Gasteiger charge is 2.24. The van der Waals surface area contributed by atoms with Gasteiger partial charge in [0.1, 0.15) is 6.10 Å². The minimum atomic E-state index is -0.0300. The predicted molar refractivity (Wildman–Crippen MR) is 68.9 cm³/mol. The fraction of sp³-hybridized carbons (Fsp3) is 0.643. The molecule has 94 valence electrons. The third kappa shape index (κ3) is 2.97. The third-order valence-corrected chi connectivity index (χ3v) is 3.59. The zero-order valence-electron chi connectivity index (χ0n) is 10.7. The van der Waals surface area contributed by atoms with Crippen molar-refractivity contribution >= 4 is 0 Å². The van der Waals surface area contributed by atoms with Gasteiger partial charge in [-0.25, -0.2) is 4.98 Å². The van der Waals surface area contributed by atoms with Crippen molar-refractivity contribution in [3.63, 3.8) is 0 Å². The van der Waals surface area contributed by atoms with Crippen LogP contribution in [0.15, 0.2) is 18.3 Å². The molecule has 17 heavy (non-hydrogen) atoms. The van der Waals surface area contributed by atoms with Gasteiger partial charge in [-0.2, -0.15) is 0 Å². The van der Waals surface area contributed by atoms with E-state index < -0.39 is 0 Å². The quantitative estimate of drug-likeness (QED) is 0.874. The maximum absolute atomic E-state index is 6.07. The van der Waals surface area contributed by atoms with Gasteiger partial charge < -0.3 is 10.5 Å². The van der Waals surface area contributed by atoms with Crippen LogP contribution in [0, 0.1) is 5.92 Å². The average molecular weight is 234 g/mol. The molecule has 0 aliphatic heterocycles. The lowest BCUT2D eigenvalue weighted by Gasteiger charge is -2.29. The van der Waals surface area contributed by atoms with E-state index in [2.05, 4.69) is 11.9 Å². The van der Waals surface area contributed by atoms with Gasteiger partial charge in [0, 0.05) is 17.8 Å². The van der Waals surface area contributed by atoms with Crippen molar-refractivity contribution in [1.82, 2.24) is 4.98 Å². The molecule has 0 saturated heterocycles. The third-order valence-electron chi connectivity index (χ3n) is 3.59. The van der Waals surface area contributed by atoms with Gasteiger partial charge >= 0.3 is 0 Å². The van der Waals surface area contributed by atoms with Gasteiger partial charge in [-0.1, -0.05) is 19.4 Å². The zero-order valence-corrected chi connectivity index (χ0v) is 10.7. The molecule has 1 aromatic rings. The van der Waals surface area contributed by atoms with Crippen LogP contribution in [0.25, 0.3) is 0 Å². The van der Waals surface area contributed by atoms with E-state index in [0.29, 0.717) is 12.0 Å². The molecule has 0 amide bonds. The Balaban J connectivity index is 2.12. The smallest absolute Gasteiger partial charge is 0.218 e. The molecule has 1 fully saturated rings. The Morgan fingerprint density at radius 2 is 2.18 bits per heavy atom. The molecule has 1 aromatic heterocycles. The Kier molecular flexibility index (Phi) is 4.00. The van der Waals surface area contributed by atoms with Crippen LogP contribution in [0.1, 0.15) is 51.1 Å². The maximum Gasteiger partial charge on any atom is 0.218 e. The van der Waals surface area contributed by atoms with Crippen LogP contribution in [-0.4, -0.2) is 11.1 Å². The number of rotatable bonds is 3. The van der Waals surface area contributed by atoms with Crippen LogP contribution in [0.5, 0.6) is 5.88 Å². The summed E-state index contributed by atoms with van der Waals surface area (Å²) in [4.78, 5) is 4.33. The summed E-state index contributed by atoms with van der Waals surface area (Å²) in [6, 6.07) is 3.88. The first-order chi connectivity index (χ1) is 8.18. The number of aromatic nitrogens is 1. The second-order valence-electron chi connectivity index (χ2n) is 5.10. The highest BCUT2D eigenvalue weighted by Crippen LogP contribution is 2.29. The molecular weight excluding hydrogens is 212 g/mol. The summed E-state index contributed by atoms with van der Waals surface area (Å²) < 4.78 is 6.07. The molecule has 3 nitrogen and oxygen atoms in total. The van der Waals surface area contributed by atoms with Crippen LogP contribution >= 0.6 is 0 Å². The lowest BCUT2D eigenvalue weighted by molar-refractivity contribution is 0.0961. The number of nitrogens with zero attached hydrogens (tertiary/aromatic N) is 1. The van der Waals surface area contributed by atoms with Crippen molar-refractivity contribution in [1.29, 1.82) is 0 Å². The second kappa shape index (κ2) is 5.50. The van der Waals surface area contributed by atoms with Crippen molar-refractivity contribution in [3.8, 4) is 5.88 Å². The van der Waals surface area contributed by atoms with Gasteiger partial charge in [0.05, 0.1) is 0 Å². The van der Waals surface area contributed by atoms with Gasteiger partial charge in [0.15, 0.2) is 0 Å². The summed E-state index contributed by atoms with van der Waals surface area (Å²) in [5, 5.41) is 0. The highest BCUT2D eigenvalue weighted by molar-refractivity contribution is 5.28. The van der Waals surface area contributed by atoms with E-state index in [-0.39, 0.29) is 6.04 Å². The van der Waals surface area contributed by atoms with Crippen LogP contribution < -0.4 is 10.5 Å². The first-order valence-corrected chi connectivity index (χ1v) is 6.55. The topological polar surface area (TPSA) is 48.1 Å². The van der Waals surface area contributed by atoms with Crippen LogP contribution in [0.3, 0.4) is 0 Å². The maximum atomic E-state index is 6.07. The molecule has 0 radical (unpaired) electrons. The summed E-state index contributed by atoms with van der Waals surface area (Å²) in [5.41, 5.74) is 6.94. The Bertz CT molecular complexity index is 365. The number of pyridine rings is 1. The molecule has 1 aliphatic carbocycles. The second-order valence-corrected chi connectivity index (χ2v) is 5.10.